The summed E-state index contributed by atoms with van der Waals surface area (Å²) in [5.74, 6) is -0.170. The molecule has 2 rings (SSSR count). The Bertz CT molecular complexity index is 569. The molecule has 0 atom stereocenters. The number of nitrogens with zero attached hydrogens (tertiary/aromatic N) is 1. The summed E-state index contributed by atoms with van der Waals surface area (Å²) in [6.45, 7) is 0. The predicted octanol–water partition coefficient (Wildman–Crippen LogP) is 0.319. The summed E-state index contributed by atoms with van der Waals surface area (Å²) in [6.07, 6.45) is 3.00. The SMILES string of the molecule is N#CC1(NS(=O)(=O)C2CCS(=O)(=O)CC2)CCCC1. The van der Waals surface area contributed by atoms with E-state index in [9.17, 15) is 22.1 Å². The fraction of sp³-hybridized carbons (Fsp3) is 0.909. The van der Waals surface area contributed by atoms with Crippen LogP contribution in [-0.2, 0) is 19.9 Å². The van der Waals surface area contributed by atoms with Crippen LogP contribution >= 0.6 is 0 Å². The highest BCUT2D eigenvalue weighted by atomic mass is 32.2. The minimum Gasteiger partial charge on any atom is -0.229 e. The Morgan fingerprint density at radius 2 is 1.68 bits per heavy atom. The average molecular weight is 306 g/mol. The van der Waals surface area contributed by atoms with Crippen LogP contribution in [0.25, 0.3) is 0 Å². The van der Waals surface area contributed by atoms with Gasteiger partial charge in [0, 0.05) is 0 Å². The van der Waals surface area contributed by atoms with E-state index in [-0.39, 0.29) is 24.3 Å². The second-order valence-corrected chi connectivity index (χ2v) is 9.66. The molecule has 108 valence electrons. The number of sulfone groups is 1. The molecule has 2 aliphatic rings. The molecule has 0 spiro atoms. The summed E-state index contributed by atoms with van der Waals surface area (Å²) >= 11 is 0. The smallest absolute Gasteiger partial charge is 0.215 e. The van der Waals surface area contributed by atoms with Gasteiger partial charge in [-0.25, -0.2) is 16.8 Å². The van der Waals surface area contributed by atoms with Crippen molar-refractivity contribution < 1.29 is 16.8 Å². The number of nitriles is 1. The molecule has 1 aliphatic carbocycles. The molecule has 2 fully saturated rings. The van der Waals surface area contributed by atoms with Gasteiger partial charge in [0.25, 0.3) is 0 Å². The summed E-state index contributed by atoms with van der Waals surface area (Å²) < 4.78 is 49.7. The molecule has 8 heteroatoms. The first-order valence-electron chi connectivity index (χ1n) is 6.43. The fourth-order valence-corrected chi connectivity index (χ4v) is 6.36. The van der Waals surface area contributed by atoms with E-state index in [0.717, 1.165) is 12.8 Å². The maximum Gasteiger partial charge on any atom is 0.215 e. The molecule has 0 aromatic carbocycles. The van der Waals surface area contributed by atoms with Crippen LogP contribution in [0.1, 0.15) is 38.5 Å². The van der Waals surface area contributed by atoms with Crippen molar-refractivity contribution in [3.05, 3.63) is 0 Å². The van der Waals surface area contributed by atoms with Crippen LogP contribution in [-0.4, -0.2) is 39.1 Å². The van der Waals surface area contributed by atoms with E-state index in [2.05, 4.69) is 10.8 Å². The Balaban J connectivity index is 2.09. The minimum absolute atomic E-state index is 0.0852. The highest BCUT2D eigenvalue weighted by Crippen LogP contribution is 2.31. The normalized spacial score (nSPS) is 26.9. The fourth-order valence-electron chi connectivity index (χ4n) is 2.75. The van der Waals surface area contributed by atoms with Crippen molar-refractivity contribution in [2.45, 2.75) is 49.3 Å². The number of sulfonamides is 1. The molecule has 0 amide bonds. The molecule has 1 saturated heterocycles. The zero-order chi connectivity index (χ0) is 14.1. The van der Waals surface area contributed by atoms with Gasteiger partial charge in [-0.05, 0) is 25.7 Å². The third-order valence-electron chi connectivity index (χ3n) is 3.95. The van der Waals surface area contributed by atoms with Gasteiger partial charge in [0.15, 0.2) is 0 Å². The standard InChI is InChI=1S/C11H18N2O4S2/c12-9-11(5-1-2-6-11)13-19(16,17)10-3-7-18(14,15)8-4-10/h10,13H,1-8H2. The zero-order valence-electron chi connectivity index (χ0n) is 10.6. The van der Waals surface area contributed by atoms with Gasteiger partial charge < -0.3 is 0 Å². The molecule has 0 aromatic heterocycles. The first kappa shape index (κ1) is 14.8. The summed E-state index contributed by atoms with van der Waals surface area (Å²) in [5.41, 5.74) is -0.977. The Kier molecular flexibility index (Phi) is 3.91. The topological polar surface area (TPSA) is 104 Å². The molecule has 1 heterocycles. The number of nitrogens with one attached hydrogen (secondary N) is 1. The largest absolute Gasteiger partial charge is 0.229 e. The summed E-state index contributed by atoms with van der Waals surface area (Å²) in [4.78, 5) is 0. The van der Waals surface area contributed by atoms with E-state index in [4.69, 9.17) is 0 Å². The van der Waals surface area contributed by atoms with Gasteiger partial charge in [-0.2, -0.15) is 9.98 Å². The first-order chi connectivity index (χ1) is 8.79. The second kappa shape index (κ2) is 5.04. The van der Waals surface area contributed by atoms with E-state index >= 15 is 0 Å². The predicted molar refractivity (Wildman–Crippen MR) is 70.5 cm³/mol. The van der Waals surface area contributed by atoms with Crippen molar-refractivity contribution in [2.24, 2.45) is 0 Å². The Morgan fingerprint density at radius 1 is 1.16 bits per heavy atom. The molecule has 1 saturated carbocycles. The molecule has 1 N–H and O–H groups in total. The van der Waals surface area contributed by atoms with Gasteiger partial charge in [0.2, 0.25) is 10.0 Å². The van der Waals surface area contributed by atoms with Crippen LogP contribution in [0.4, 0.5) is 0 Å². The van der Waals surface area contributed by atoms with Crippen molar-refractivity contribution in [3.8, 4) is 6.07 Å². The summed E-state index contributed by atoms with van der Waals surface area (Å²) in [5, 5.41) is 8.50. The van der Waals surface area contributed by atoms with Gasteiger partial charge in [-0.1, -0.05) is 12.8 Å². The monoisotopic (exact) mass is 306 g/mol. The highest BCUT2D eigenvalue weighted by Gasteiger charge is 2.41. The van der Waals surface area contributed by atoms with E-state index in [1.807, 2.05) is 0 Å². The minimum atomic E-state index is -3.62. The highest BCUT2D eigenvalue weighted by molar-refractivity contribution is 7.92. The van der Waals surface area contributed by atoms with Crippen molar-refractivity contribution in [1.82, 2.24) is 4.72 Å². The van der Waals surface area contributed by atoms with Gasteiger partial charge in [0.05, 0.1) is 22.8 Å². The maximum atomic E-state index is 12.3. The average Bonchev–Trinajstić information content (AvgIpc) is 2.77. The Hall–Kier alpha value is -0.650. The molecule has 19 heavy (non-hydrogen) atoms. The van der Waals surface area contributed by atoms with E-state index < -0.39 is 30.6 Å². The van der Waals surface area contributed by atoms with Crippen LogP contribution in [0.2, 0.25) is 0 Å². The third-order valence-corrected chi connectivity index (χ3v) is 7.69. The van der Waals surface area contributed by atoms with Gasteiger partial charge in [0.1, 0.15) is 15.4 Å². The van der Waals surface area contributed by atoms with Crippen molar-refractivity contribution >= 4 is 19.9 Å². The lowest BCUT2D eigenvalue weighted by molar-refractivity contribution is 0.473. The molecule has 0 radical (unpaired) electrons. The molecule has 6 nitrogen and oxygen atoms in total. The molecular formula is C11H18N2O4S2. The first-order valence-corrected chi connectivity index (χ1v) is 9.80. The van der Waals surface area contributed by atoms with Crippen LogP contribution in [0.15, 0.2) is 0 Å². The maximum absolute atomic E-state index is 12.3. The quantitative estimate of drug-likeness (QED) is 0.808. The molecule has 0 bridgehead atoms. The van der Waals surface area contributed by atoms with Crippen LogP contribution in [0.3, 0.4) is 0 Å². The third kappa shape index (κ3) is 3.27. The molecule has 1 aliphatic heterocycles. The van der Waals surface area contributed by atoms with Crippen LogP contribution < -0.4 is 4.72 Å². The number of hydrogen-bond donors (Lipinski definition) is 1. The van der Waals surface area contributed by atoms with Crippen LogP contribution in [0.5, 0.6) is 0 Å². The molecule has 0 unspecified atom stereocenters. The van der Waals surface area contributed by atoms with E-state index in [1.165, 1.54) is 0 Å². The van der Waals surface area contributed by atoms with Gasteiger partial charge in [-0.3, -0.25) is 0 Å². The van der Waals surface area contributed by atoms with Crippen molar-refractivity contribution in [3.63, 3.8) is 0 Å². The lowest BCUT2D eigenvalue weighted by atomic mass is 10.0. The second-order valence-electron chi connectivity index (χ2n) is 5.40. The van der Waals surface area contributed by atoms with Gasteiger partial charge in [-0.15, -0.1) is 0 Å². The summed E-state index contributed by atoms with van der Waals surface area (Å²) in [7, 11) is -6.71. The molecular weight excluding hydrogens is 288 g/mol. The Morgan fingerprint density at radius 3 is 2.16 bits per heavy atom. The van der Waals surface area contributed by atoms with Crippen molar-refractivity contribution in [1.29, 1.82) is 5.26 Å². The van der Waals surface area contributed by atoms with E-state index in [1.54, 1.807) is 0 Å². The van der Waals surface area contributed by atoms with Crippen molar-refractivity contribution in [2.75, 3.05) is 11.5 Å². The Labute approximate surface area is 114 Å². The number of hydrogen-bond acceptors (Lipinski definition) is 5. The lowest BCUT2D eigenvalue weighted by Crippen LogP contribution is -2.50. The van der Waals surface area contributed by atoms with E-state index in [0.29, 0.717) is 12.8 Å². The van der Waals surface area contributed by atoms with Gasteiger partial charge >= 0.3 is 0 Å². The zero-order valence-corrected chi connectivity index (χ0v) is 12.3. The number of rotatable bonds is 3. The summed E-state index contributed by atoms with van der Waals surface area (Å²) in [6, 6.07) is 2.08. The lowest BCUT2D eigenvalue weighted by Gasteiger charge is -2.27. The molecule has 0 aromatic rings. The van der Waals surface area contributed by atoms with Crippen LogP contribution in [0, 0.1) is 11.3 Å².